The summed E-state index contributed by atoms with van der Waals surface area (Å²) in [7, 11) is 0. The molecule has 6 nitrogen and oxygen atoms in total. The minimum atomic E-state index is -0.405. The van der Waals surface area contributed by atoms with Gasteiger partial charge in [-0.1, -0.05) is 12.1 Å². The van der Waals surface area contributed by atoms with Crippen molar-refractivity contribution in [1.29, 1.82) is 0 Å². The number of anilines is 1. The van der Waals surface area contributed by atoms with Crippen LogP contribution in [0.15, 0.2) is 46.9 Å². The molecule has 0 spiro atoms. The minimum absolute atomic E-state index is 0.0956. The second-order valence-electron chi connectivity index (χ2n) is 4.69. The average Bonchev–Trinajstić information content (AvgIpc) is 2.84. The number of oxazole rings is 1. The number of rotatable bonds is 4. The molecule has 1 heterocycles. The average molecular weight is 283 g/mol. The van der Waals surface area contributed by atoms with Gasteiger partial charge in [0.15, 0.2) is 11.5 Å². The van der Waals surface area contributed by atoms with Crippen molar-refractivity contribution < 1.29 is 9.34 Å². The highest BCUT2D eigenvalue weighted by Crippen LogP contribution is 2.20. The predicted octanol–water partition coefficient (Wildman–Crippen LogP) is 3.66. The summed E-state index contributed by atoms with van der Waals surface area (Å²) in [5, 5.41) is 13.9. The van der Waals surface area contributed by atoms with Crippen LogP contribution in [-0.4, -0.2) is 9.91 Å². The van der Waals surface area contributed by atoms with Crippen LogP contribution in [0.2, 0.25) is 0 Å². The molecule has 106 valence electrons. The van der Waals surface area contributed by atoms with Crippen molar-refractivity contribution in [2.45, 2.75) is 13.5 Å². The van der Waals surface area contributed by atoms with Crippen molar-refractivity contribution in [3.8, 4) is 0 Å². The summed E-state index contributed by atoms with van der Waals surface area (Å²) in [4.78, 5) is 14.5. The molecule has 0 bridgehead atoms. The number of aryl methyl sites for hydroxylation is 1. The molecule has 0 saturated carbocycles. The number of nitrogens with zero attached hydrogens (tertiary/aromatic N) is 2. The Balaban J connectivity index is 1.71. The van der Waals surface area contributed by atoms with Gasteiger partial charge in [-0.25, -0.2) is 4.98 Å². The molecular formula is C15H13N3O3. The summed E-state index contributed by atoms with van der Waals surface area (Å²) in [6.45, 7) is 2.39. The molecule has 0 saturated heterocycles. The molecule has 1 N–H and O–H groups in total. The zero-order valence-electron chi connectivity index (χ0n) is 11.4. The number of nitro groups is 1. The van der Waals surface area contributed by atoms with Crippen LogP contribution in [0.5, 0.6) is 0 Å². The first-order valence-corrected chi connectivity index (χ1v) is 6.46. The Morgan fingerprint density at radius 1 is 1.24 bits per heavy atom. The van der Waals surface area contributed by atoms with Crippen LogP contribution in [0.1, 0.15) is 11.5 Å². The molecule has 0 fully saturated rings. The fourth-order valence-electron chi connectivity index (χ4n) is 2.09. The van der Waals surface area contributed by atoms with Gasteiger partial charge in [0.1, 0.15) is 5.52 Å². The molecule has 1 aromatic heterocycles. The summed E-state index contributed by atoms with van der Waals surface area (Å²) in [5.41, 5.74) is 3.55. The van der Waals surface area contributed by atoms with Gasteiger partial charge in [0, 0.05) is 31.3 Å². The van der Waals surface area contributed by atoms with E-state index in [1.165, 1.54) is 12.1 Å². The molecule has 0 amide bonds. The van der Waals surface area contributed by atoms with Crippen LogP contribution in [0.3, 0.4) is 0 Å². The van der Waals surface area contributed by atoms with Gasteiger partial charge in [-0.05, 0) is 23.8 Å². The Morgan fingerprint density at radius 3 is 2.71 bits per heavy atom. The molecule has 3 aromatic rings. The number of aromatic nitrogens is 1. The van der Waals surface area contributed by atoms with Crippen LogP contribution in [0.25, 0.3) is 11.1 Å². The molecule has 21 heavy (non-hydrogen) atoms. The molecule has 3 rings (SSSR count). The summed E-state index contributed by atoms with van der Waals surface area (Å²) in [6.07, 6.45) is 0. The van der Waals surface area contributed by atoms with E-state index in [-0.39, 0.29) is 5.69 Å². The predicted molar refractivity (Wildman–Crippen MR) is 79.2 cm³/mol. The topological polar surface area (TPSA) is 81.2 Å². The molecule has 0 unspecified atom stereocenters. The third-order valence-electron chi connectivity index (χ3n) is 3.14. The Labute approximate surface area is 120 Å². The Morgan fingerprint density at radius 2 is 2.00 bits per heavy atom. The van der Waals surface area contributed by atoms with E-state index in [1.807, 2.05) is 25.1 Å². The van der Waals surface area contributed by atoms with Gasteiger partial charge in [-0.15, -0.1) is 0 Å². The monoisotopic (exact) mass is 283 g/mol. The summed E-state index contributed by atoms with van der Waals surface area (Å²) in [6, 6.07) is 12.2. The number of benzene rings is 2. The maximum atomic E-state index is 10.6. The van der Waals surface area contributed by atoms with E-state index in [1.54, 1.807) is 12.1 Å². The minimum Gasteiger partial charge on any atom is -0.441 e. The maximum Gasteiger partial charge on any atom is 0.269 e. The van der Waals surface area contributed by atoms with E-state index in [0.717, 1.165) is 22.4 Å². The van der Waals surface area contributed by atoms with E-state index >= 15 is 0 Å². The number of hydrogen-bond acceptors (Lipinski definition) is 5. The van der Waals surface area contributed by atoms with Gasteiger partial charge in [0.2, 0.25) is 0 Å². The van der Waals surface area contributed by atoms with Gasteiger partial charge in [-0.2, -0.15) is 0 Å². The molecule has 6 heteroatoms. The zero-order chi connectivity index (χ0) is 14.8. The van der Waals surface area contributed by atoms with E-state index in [9.17, 15) is 10.1 Å². The van der Waals surface area contributed by atoms with Crippen molar-refractivity contribution >= 4 is 22.5 Å². The number of nitrogens with one attached hydrogen (secondary N) is 1. The van der Waals surface area contributed by atoms with E-state index < -0.39 is 4.92 Å². The highest BCUT2D eigenvalue weighted by Gasteiger charge is 2.05. The first kappa shape index (κ1) is 13.1. The first-order valence-electron chi connectivity index (χ1n) is 6.46. The second-order valence-corrected chi connectivity index (χ2v) is 4.69. The van der Waals surface area contributed by atoms with Gasteiger partial charge < -0.3 is 9.73 Å². The number of hydrogen-bond donors (Lipinski definition) is 1. The molecule has 0 aliphatic carbocycles. The molecular weight excluding hydrogens is 270 g/mol. The number of fused-ring (bicyclic) bond motifs is 1. The van der Waals surface area contributed by atoms with Crippen LogP contribution >= 0.6 is 0 Å². The molecule has 2 aromatic carbocycles. The highest BCUT2D eigenvalue weighted by molar-refractivity contribution is 5.77. The van der Waals surface area contributed by atoms with E-state index in [0.29, 0.717) is 12.4 Å². The SMILES string of the molecule is Cc1nc2cc(NCc3ccc([N+](=O)[O-])cc3)ccc2o1. The zero-order valence-corrected chi connectivity index (χ0v) is 11.4. The van der Waals surface area contributed by atoms with Crippen LogP contribution < -0.4 is 5.32 Å². The van der Waals surface area contributed by atoms with Crippen LogP contribution in [-0.2, 0) is 6.54 Å². The van der Waals surface area contributed by atoms with Crippen molar-refractivity contribution in [3.63, 3.8) is 0 Å². The summed E-state index contributed by atoms with van der Waals surface area (Å²) in [5.74, 6) is 0.637. The van der Waals surface area contributed by atoms with Crippen molar-refractivity contribution in [1.82, 2.24) is 4.98 Å². The molecule has 0 aliphatic rings. The lowest BCUT2D eigenvalue weighted by Crippen LogP contribution is -1.99. The van der Waals surface area contributed by atoms with Gasteiger partial charge in [0.05, 0.1) is 4.92 Å². The van der Waals surface area contributed by atoms with Gasteiger partial charge in [0.25, 0.3) is 5.69 Å². The van der Waals surface area contributed by atoms with Crippen LogP contribution in [0.4, 0.5) is 11.4 Å². The van der Waals surface area contributed by atoms with Gasteiger partial charge >= 0.3 is 0 Å². The first-order chi connectivity index (χ1) is 10.1. The number of nitro benzene ring substituents is 1. The highest BCUT2D eigenvalue weighted by atomic mass is 16.6. The fraction of sp³-hybridized carbons (Fsp3) is 0.133. The van der Waals surface area contributed by atoms with Crippen molar-refractivity contribution in [2.75, 3.05) is 5.32 Å². The Bertz CT molecular complexity index is 794. The summed E-state index contributed by atoms with van der Waals surface area (Å²) >= 11 is 0. The largest absolute Gasteiger partial charge is 0.441 e. The third-order valence-corrected chi connectivity index (χ3v) is 3.14. The fourth-order valence-corrected chi connectivity index (χ4v) is 2.09. The van der Waals surface area contributed by atoms with Crippen molar-refractivity contribution in [2.24, 2.45) is 0 Å². The Kier molecular flexibility index (Phi) is 3.27. The number of non-ortho nitro benzene ring substituents is 1. The lowest BCUT2D eigenvalue weighted by molar-refractivity contribution is -0.384. The standard InChI is InChI=1S/C15H13N3O3/c1-10-17-14-8-12(4-7-15(14)21-10)16-9-11-2-5-13(6-3-11)18(19)20/h2-8,16H,9H2,1H3. The maximum absolute atomic E-state index is 10.6. The van der Waals surface area contributed by atoms with Crippen molar-refractivity contribution in [3.05, 3.63) is 64.0 Å². The lowest BCUT2D eigenvalue weighted by Gasteiger charge is -2.06. The van der Waals surface area contributed by atoms with Gasteiger partial charge in [-0.3, -0.25) is 10.1 Å². The normalized spacial score (nSPS) is 10.7. The molecule has 0 atom stereocenters. The third kappa shape index (κ3) is 2.84. The second kappa shape index (κ2) is 5.24. The smallest absolute Gasteiger partial charge is 0.269 e. The molecule has 0 aliphatic heterocycles. The van der Waals surface area contributed by atoms with Crippen LogP contribution in [0, 0.1) is 17.0 Å². The van der Waals surface area contributed by atoms with E-state index in [2.05, 4.69) is 10.3 Å². The quantitative estimate of drug-likeness (QED) is 0.583. The molecule has 0 radical (unpaired) electrons. The Hall–Kier alpha value is -2.89. The summed E-state index contributed by atoms with van der Waals surface area (Å²) < 4.78 is 5.42. The van der Waals surface area contributed by atoms with E-state index in [4.69, 9.17) is 4.42 Å². The lowest BCUT2D eigenvalue weighted by atomic mass is 10.2.